The number of benzene rings is 3. The molecule has 0 aliphatic carbocycles. The van der Waals surface area contributed by atoms with Crippen LogP contribution in [0, 0.1) is 6.92 Å². The molecule has 214 valence electrons. The number of nitrogens with one attached hydrogen (secondary N) is 1. The molecule has 2 amide bonds. The Kier molecular flexibility index (Phi) is 9.11. The van der Waals surface area contributed by atoms with Crippen molar-refractivity contribution in [3.05, 3.63) is 106 Å². The number of aryl methyl sites for hydroxylation is 1. The molecule has 5 rings (SSSR count). The van der Waals surface area contributed by atoms with Crippen molar-refractivity contribution in [1.29, 1.82) is 0 Å². The van der Waals surface area contributed by atoms with Crippen molar-refractivity contribution in [3.63, 3.8) is 0 Å². The van der Waals surface area contributed by atoms with Crippen LogP contribution in [0.15, 0.2) is 78.4 Å². The van der Waals surface area contributed by atoms with Crippen LogP contribution in [0.1, 0.15) is 35.6 Å². The van der Waals surface area contributed by atoms with Gasteiger partial charge >= 0.3 is 0 Å². The number of halogens is 1. The van der Waals surface area contributed by atoms with E-state index >= 15 is 0 Å². The molecule has 0 aromatic heterocycles. The Balaban J connectivity index is 1.39. The van der Waals surface area contributed by atoms with Gasteiger partial charge < -0.3 is 19.9 Å². The molecule has 2 aliphatic heterocycles. The number of likely N-dealkylation sites (N-methyl/N-ethyl adjacent to an activating group) is 1. The standard InChI is InChI=1S/C34H38ClN3O3/c1-23-12-13-30(35)32(18-23)41-17-15-26-10-7-11-27(19-26)29-20-28-21-38(24(2)39)22-31(36-28)33(29)34(40)37(3)16-14-25-8-5-4-6-9-25/h4-13,18-19,28,31,36H,14-17,20-22H2,1-3H3. The fourth-order valence-corrected chi connectivity index (χ4v) is 5.96. The predicted octanol–water partition coefficient (Wildman–Crippen LogP) is 5.32. The van der Waals surface area contributed by atoms with E-state index in [0.29, 0.717) is 43.4 Å². The zero-order chi connectivity index (χ0) is 28.9. The number of nitrogens with zero attached hydrogens (tertiary/aromatic N) is 2. The summed E-state index contributed by atoms with van der Waals surface area (Å²) in [5.74, 6) is 0.753. The van der Waals surface area contributed by atoms with Crippen LogP contribution in [0.2, 0.25) is 5.02 Å². The molecule has 1 saturated heterocycles. The summed E-state index contributed by atoms with van der Waals surface area (Å²) in [6.07, 6.45) is 2.19. The maximum Gasteiger partial charge on any atom is 0.251 e. The third-order valence-electron chi connectivity index (χ3n) is 8.02. The van der Waals surface area contributed by atoms with Gasteiger partial charge in [0.1, 0.15) is 5.75 Å². The Morgan fingerprint density at radius 2 is 1.78 bits per heavy atom. The third-order valence-corrected chi connectivity index (χ3v) is 8.33. The number of hydrogen-bond acceptors (Lipinski definition) is 4. The molecule has 1 N–H and O–H groups in total. The molecule has 3 aromatic rings. The minimum Gasteiger partial charge on any atom is -0.492 e. The first-order valence-electron chi connectivity index (χ1n) is 14.3. The van der Waals surface area contributed by atoms with E-state index in [4.69, 9.17) is 16.3 Å². The molecule has 3 aromatic carbocycles. The van der Waals surface area contributed by atoms with Gasteiger partial charge in [-0.25, -0.2) is 0 Å². The summed E-state index contributed by atoms with van der Waals surface area (Å²) in [5, 5.41) is 4.25. The molecule has 6 nitrogen and oxygen atoms in total. The fourth-order valence-electron chi connectivity index (χ4n) is 5.79. The molecule has 41 heavy (non-hydrogen) atoms. The van der Waals surface area contributed by atoms with Crippen LogP contribution in [-0.4, -0.2) is 67.0 Å². The highest BCUT2D eigenvalue weighted by molar-refractivity contribution is 6.32. The van der Waals surface area contributed by atoms with E-state index in [1.165, 1.54) is 5.56 Å². The van der Waals surface area contributed by atoms with Crippen LogP contribution < -0.4 is 10.1 Å². The van der Waals surface area contributed by atoms with Crippen molar-refractivity contribution < 1.29 is 14.3 Å². The van der Waals surface area contributed by atoms with E-state index in [1.54, 1.807) is 6.92 Å². The first kappa shape index (κ1) is 28.9. The average Bonchev–Trinajstić information content (AvgIpc) is 2.97. The summed E-state index contributed by atoms with van der Waals surface area (Å²) in [5.41, 5.74) is 6.33. The largest absolute Gasteiger partial charge is 0.492 e. The molecule has 0 saturated carbocycles. The zero-order valence-corrected chi connectivity index (χ0v) is 24.8. The maximum absolute atomic E-state index is 14.0. The van der Waals surface area contributed by atoms with Gasteiger partial charge in [-0.05, 0) is 59.7 Å². The molecular weight excluding hydrogens is 534 g/mol. The molecule has 0 spiro atoms. The Hall–Kier alpha value is -3.61. The van der Waals surface area contributed by atoms with Crippen LogP contribution in [0.5, 0.6) is 5.75 Å². The average molecular weight is 572 g/mol. The van der Waals surface area contributed by atoms with Gasteiger partial charge in [0.15, 0.2) is 0 Å². The van der Waals surface area contributed by atoms with Gasteiger partial charge in [0, 0.05) is 51.6 Å². The Morgan fingerprint density at radius 3 is 2.56 bits per heavy atom. The van der Waals surface area contributed by atoms with Crippen molar-refractivity contribution in [3.8, 4) is 5.75 Å². The third kappa shape index (κ3) is 7.00. The lowest BCUT2D eigenvalue weighted by atomic mass is 9.82. The van der Waals surface area contributed by atoms with E-state index < -0.39 is 0 Å². The molecule has 2 unspecified atom stereocenters. The fraction of sp³-hybridized carbons (Fsp3) is 0.353. The van der Waals surface area contributed by atoms with Crippen molar-refractivity contribution in [2.75, 3.05) is 33.3 Å². The molecule has 1 fully saturated rings. The van der Waals surface area contributed by atoms with E-state index in [0.717, 1.165) is 40.7 Å². The number of amides is 2. The normalized spacial score (nSPS) is 18.3. The summed E-state index contributed by atoms with van der Waals surface area (Å²) in [6, 6.07) is 24.3. The summed E-state index contributed by atoms with van der Waals surface area (Å²) >= 11 is 6.31. The number of rotatable bonds is 9. The lowest BCUT2D eigenvalue weighted by molar-refractivity contribution is -0.132. The van der Waals surface area contributed by atoms with Gasteiger partial charge in [0.05, 0.1) is 17.7 Å². The first-order chi connectivity index (χ1) is 19.8. The minimum absolute atomic E-state index is 0.0140. The van der Waals surface area contributed by atoms with Crippen LogP contribution in [0.4, 0.5) is 0 Å². The predicted molar refractivity (Wildman–Crippen MR) is 164 cm³/mol. The lowest BCUT2D eigenvalue weighted by Crippen LogP contribution is -2.61. The van der Waals surface area contributed by atoms with Crippen molar-refractivity contribution in [2.45, 2.75) is 45.2 Å². The van der Waals surface area contributed by atoms with E-state index in [9.17, 15) is 9.59 Å². The van der Waals surface area contributed by atoms with Gasteiger partial charge in [-0.15, -0.1) is 0 Å². The number of ether oxygens (including phenoxy) is 1. The number of fused-ring (bicyclic) bond motifs is 2. The van der Waals surface area contributed by atoms with Crippen LogP contribution in [0.3, 0.4) is 0 Å². The van der Waals surface area contributed by atoms with Gasteiger partial charge in [-0.2, -0.15) is 0 Å². The zero-order valence-electron chi connectivity index (χ0n) is 24.0. The van der Waals surface area contributed by atoms with Gasteiger partial charge in [-0.1, -0.05) is 72.3 Å². The number of piperazine rings is 1. The highest BCUT2D eigenvalue weighted by Gasteiger charge is 2.39. The van der Waals surface area contributed by atoms with Gasteiger partial charge in [0.2, 0.25) is 5.91 Å². The van der Waals surface area contributed by atoms with Crippen molar-refractivity contribution in [1.82, 2.24) is 15.1 Å². The topological polar surface area (TPSA) is 61.9 Å². The summed E-state index contributed by atoms with van der Waals surface area (Å²) < 4.78 is 6.00. The lowest BCUT2D eigenvalue weighted by Gasteiger charge is -2.44. The molecule has 2 aliphatic rings. The highest BCUT2D eigenvalue weighted by Crippen LogP contribution is 2.34. The number of carbonyl (C=O) groups is 2. The van der Waals surface area contributed by atoms with E-state index in [2.05, 4.69) is 41.7 Å². The summed E-state index contributed by atoms with van der Waals surface area (Å²) in [7, 11) is 1.87. The molecule has 0 radical (unpaired) electrons. The number of hydrogen-bond donors (Lipinski definition) is 1. The van der Waals surface area contributed by atoms with Crippen molar-refractivity contribution >= 4 is 29.0 Å². The molecule has 2 heterocycles. The molecule has 2 atom stereocenters. The van der Waals surface area contributed by atoms with Gasteiger partial charge in [-0.3, -0.25) is 9.59 Å². The smallest absolute Gasteiger partial charge is 0.251 e. The van der Waals surface area contributed by atoms with E-state index in [1.807, 2.05) is 60.2 Å². The second kappa shape index (κ2) is 12.9. The van der Waals surface area contributed by atoms with Crippen molar-refractivity contribution in [2.24, 2.45) is 0 Å². The Morgan fingerprint density at radius 1 is 1.00 bits per heavy atom. The van der Waals surface area contributed by atoms with Crippen LogP contribution in [0.25, 0.3) is 5.57 Å². The molecular formula is C34H38ClN3O3. The SMILES string of the molecule is CC(=O)N1CC2CC(c3cccc(CCOc4cc(C)ccc4Cl)c3)=C(C(=O)N(C)CCc3ccccc3)C(C1)N2. The second-order valence-corrected chi connectivity index (χ2v) is 11.5. The summed E-state index contributed by atoms with van der Waals surface area (Å²) in [6.45, 7) is 5.88. The maximum atomic E-state index is 14.0. The second-order valence-electron chi connectivity index (χ2n) is 11.1. The first-order valence-corrected chi connectivity index (χ1v) is 14.7. The Bertz CT molecular complexity index is 1440. The van der Waals surface area contributed by atoms with E-state index in [-0.39, 0.29) is 23.9 Å². The van der Waals surface area contributed by atoms with Gasteiger partial charge in [0.25, 0.3) is 5.91 Å². The number of carbonyl (C=O) groups excluding carboxylic acids is 2. The quantitative estimate of drug-likeness (QED) is 0.378. The molecule has 7 heteroatoms. The molecule has 2 bridgehead atoms. The Labute approximate surface area is 247 Å². The van der Waals surface area contributed by atoms with Crippen LogP contribution >= 0.6 is 11.6 Å². The monoisotopic (exact) mass is 571 g/mol. The summed E-state index contributed by atoms with van der Waals surface area (Å²) in [4.78, 5) is 30.0. The highest BCUT2D eigenvalue weighted by atomic mass is 35.5. The minimum atomic E-state index is -0.205. The van der Waals surface area contributed by atoms with Crippen LogP contribution in [-0.2, 0) is 22.4 Å².